The smallest absolute Gasteiger partial charge is 0.317 e. The maximum absolute atomic E-state index is 12.5. The van der Waals surface area contributed by atoms with Crippen molar-refractivity contribution in [3.63, 3.8) is 0 Å². The highest BCUT2D eigenvalue weighted by molar-refractivity contribution is 5.85. The Morgan fingerprint density at radius 1 is 1.13 bits per heavy atom. The van der Waals surface area contributed by atoms with E-state index in [0.717, 1.165) is 37.0 Å². The van der Waals surface area contributed by atoms with Crippen LogP contribution in [0.1, 0.15) is 64.1 Å². The lowest BCUT2D eigenvalue weighted by Crippen LogP contribution is -2.43. The van der Waals surface area contributed by atoms with Gasteiger partial charge in [-0.2, -0.15) is 0 Å². The summed E-state index contributed by atoms with van der Waals surface area (Å²) in [5, 5.41) is 7.29. The van der Waals surface area contributed by atoms with E-state index >= 15 is 0 Å². The van der Waals surface area contributed by atoms with Crippen molar-refractivity contribution in [3.8, 4) is 0 Å². The van der Waals surface area contributed by atoms with E-state index in [-0.39, 0.29) is 18.0 Å². The molecule has 0 fully saturated rings. The highest BCUT2D eigenvalue weighted by Gasteiger charge is 2.23. The first-order chi connectivity index (χ1) is 14.4. The van der Waals surface area contributed by atoms with Crippen molar-refractivity contribution < 1.29 is 9.59 Å². The lowest BCUT2D eigenvalue weighted by atomic mass is 10.0. The van der Waals surface area contributed by atoms with E-state index in [0.29, 0.717) is 31.8 Å². The van der Waals surface area contributed by atoms with Gasteiger partial charge in [-0.25, -0.2) is 4.79 Å². The Bertz CT molecular complexity index is 858. The monoisotopic (exact) mass is 412 g/mol. The van der Waals surface area contributed by atoms with Crippen molar-refractivity contribution in [1.29, 1.82) is 0 Å². The topological polar surface area (TPSA) is 77.2 Å². The Labute approximate surface area is 179 Å². The third-order valence-corrected chi connectivity index (χ3v) is 5.85. The van der Waals surface area contributed by atoms with Crippen molar-refractivity contribution in [2.75, 3.05) is 13.1 Å². The summed E-state index contributed by atoms with van der Waals surface area (Å²) < 4.78 is 0. The molecule has 0 radical (unpaired) electrons. The molecule has 1 aromatic carbocycles. The van der Waals surface area contributed by atoms with Crippen LogP contribution < -0.4 is 10.6 Å². The van der Waals surface area contributed by atoms with Gasteiger partial charge >= 0.3 is 6.03 Å². The Hall–Kier alpha value is -2.50. The standard InChI is InChI=1S/C24H36N4O2/c1-17(2)8-6-9-18(3)26-23(29)12-7-14-25-24(30)28-15-13-20-19-10-4-5-11-21(19)27-22(20)16-28/h4-5,10-11,17-18,27H,6-9,12-16H2,1-3H3,(H,25,30)(H,26,29). The van der Waals surface area contributed by atoms with Gasteiger partial charge in [-0.3, -0.25) is 4.79 Å². The lowest BCUT2D eigenvalue weighted by Gasteiger charge is -2.27. The normalized spacial score (nSPS) is 14.6. The van der Waals surface area contributed by atoms with Gasteiger partial charge in [0.2, 0.25) is 5.91 Å². The summed E-state index contributed by atoms with van der Waals surface area (Å²) in [6, 6.07) is 8.45. The van der Waals surface area contributed by atoms with E-state index in [2.05, 4.69) is 54.6 Å². The molecule has 0 saturated heterocycles. The quantitative estimate of drug-likeness (QED) is 0.536. The van der Waals surface area contributed by atoms with Crippen LogP contribution in [0.15, 0.2) is 24.3 Å². The second-order valence-electron chi connectivity index (χ2n) is 8.93. The molecule has 1 aliphatic heterocycles. The van der Waals surface area contributed by atoms with Crippen LogP contribution in [0.4, 0.5) is 4.79 Å². The summed E-state index contributed by atoms with van der Waals surface area (Å²) in [4.78, 5) is 29.9. The lowest BCUT2D eigenvalue weighted by molar-refractivity contribution is -0.121. The van der Waals surface area contributed by atoms with Gasteiger partial charge in [-0.15, -0.1) is 0 Å². The van der Waals surface area contributed by atoms with Crippen LogP contribution >= 0.6 is 0 Å². The molecule has 0 spiro atoms. The Balaban J connectivity index is 1.35. The molecule has 1 aromatic heterocycles. The fourth-order valence-corrected chi connectivity index (χ4v) is 4.17. The number of H-pyrrole nitrogens is 1. The molecule has 1 unspecified atom stereocenters. The molecule has 3 N–H and O–H groups in total. The van der Waals surface area contributed by atoms with Crippen LogP contribution in [0.3, 0.4) is 0 Å². The number of carbonyl (C=O) groups is 2. The van der Waals surface area contributed by atoms with Crippen LogP contribution in [-0.4, -0.2) is 41.0 Å². The molecule has 30 heavy (non-hydrogen) atoms. The zero-order chi connectivity index (χ0) is 21.5. The van der Waals surface area contributed by atoms with E-state index in [1.165, 1.54) is 17.4 Å². The molecular formula is C24H36N4O2. The number of hydrogen-bond acceptors (Lipinski definition) is 2. The van der Waals surface area contributed by atoms with Gasteiger partial charge in [0.15, 0.2) is 0 Å². The number of urea groups is 1. The minimum absolute atomic E-state index is 0.0539. The zero-order valence-electron chi connectivity index (χ0n) is 18.6. The van der Waals surface area contributed by atoms with Gasteiger partial charge < -0.3 is 20.5 Å². The van der Waals surface area contributed by atoms with Crippen LogP contribution in [0.2, 0.25) is 0 Å². The van der Waals surface area contributed by atoms with Gasteiger partial charge in [0, 0.05) is 42.1 Å². The largest absolute Gasteiger partial charge is 0.357 e. The van der Waals surface area contributed by atoms with Crippen LogP contribution in [0.5, 0.6) is 0 Å². The van der Waals surface area contributed by atoms with E-state index in [1.54, 1.807) is 0 Å². The first-order valence-corrected chi connectivity index (χ1v) is 11.3. The minimum atomic E-state index is -0.0539. The number of amides is 3. The molecular weight excluding hydrogens is 376 g/mol. The Kier molecular flexibility index (Phi) is 7.77. The Morgan fingerprint density at radius 2 is 1.93 bits per heavy atom. The molecule has 1 atom stereocenters. The molecule has 3 rings (SSSR count). The summed E-state index contributed by atoms with van der Waals surface area (Å²) in [6.45, 7) is 8.35. The van der Waals surface area contributed by atoms with E-state index < -0.39 is 0 Å². The zero-order valence-corrected chi connectivity index (χ0v) is 18.6. The maximum atomic E-state index is 12.5. The van der Waals surface area contributed by atoms with Crippen molar-refractivity contribution in [1.82, 2.24) is 20.5 Å². The number of rotatable bonds is 9. The van der Waals surface area contributed by atoms with Gasteiger partial charge in [0.1, 0.15) is 0 Å². The van der Waals surface area contributed by atoms with Crippen molar-refractivity contribution in [2.24, 2.45) is 5.92 Å². The minimum Gasteiger partial charge on any atom is -0.357 e. The van der Waals surface area contributed by atoms with Gasteiger partial charge in [0.25, 0.3) is 0 Å². The number of benzene rings is 1. The van der Waals surface area contributed by atoms with Gasteiger partial charge in [-0.05, 0) is 43.7 Å². The molecule has 0 bridgehead atoms. The number of aromatic nitrogens is 1. The second-order valence-corrected chi connectivity index (χ2v) is 8.93. The van der Waals surface area contributed by atoms with E-state index in [1.807, 2.05) is 11.0 Å². The summed E-state index contributed by atoms with van der Waals surface area (Å²) >= 11 is 0. The number of hydrogen-bond donors (Lipinski definition) is 3. The predicted molar refractivity (Wildman–Crippen MR) is 121 cm³/mol. The molecule has 1 aliphatic rings. The summed E-state index contributed by atoms with van der Waals surface area (Å²) in [5.41, 5.74) is 3.59. The summed E-state index contributed by atoms with van der Waals surface area (Å²) in [7, 11) is 0. The highest BCUT2D eigenvalue weighted by Crippen LogP contribution is 2.27. The molecule has 164 valence electrons. The number of nitrogens with one attached hydrogen (secondary N) is 3. The van der Waals surface area contributed by atoms with Gasteiger partial charge in [0.05, 0.1) is 6.54 Å². The first-order valence-electron chi connectivity index (χ1n) is 11.3. The van der Waals surface area contributed by atoms with Gasteiger partial charge in [-0.1, -0.05) is 44.9 Å². The molecule has 2 heterocycles. The molecule has 0 aliphatic carbocycles. The average Bonchev–Trinajstić information content (AvgIpc) is 3.08. The average molecular weight is 413 g/mol. The Morgan fingerprint density at radius 3 is 2.73 bits per heavy atom. The van der Waals surface area contributed by atoms with Crippen molar-refractivity contribution in [2.45, 2.75) is 71.9 Å². The predicted octanol–water partition coefficient (Wildman–Crippen LogP) is 4.35. The number of fused-ring (bicyclic) bond motifs is 3. The summed E-state index contributed by atoms with van der Waals surface area (Å²) in [6.07, 6.45) is 5.32. The molecule has 6 heteroatoms. The second kappa shape index (κ2) is 10.5. The first kappa shape index (κ1) is 22.2. The number of nitrogens with zero attached hydrogens (tertiary/aromatic N) is 1. The highest BCUT2D eigenvalue weighted by atomic mass is 16.2. The molecule has 2 aromatic rings. The fourth-order valence-electron chi connectivity index (χ4n) is 4.17. The van der Waals surface area contributed by atoms with E-state index in [9.17, 15) is 9.59 Å². The third kappa shape index (κ3) is 6.00. The number of aromatic amines is 1. The van der Waals surface area contributed by atoms with E-state index in [4.69, 9.17) is 0 Å². The fraction of sp³-hybridized carbons (Fsp3) is 0.583. The van der Waals surface area contributed by atoms with Crippen LogP contribution in [0.25, 0.3) is 10.9 Å². The maximum Gasteiger partial charge on any atom is 0.317 e. The van der Waals surface area contributed by atoms with Crippen molar-refractivity contribution in [3.05, 3.63) is 35.5 Å². The van der Waals surface area contributed by atoms with Crippen LogP contribution in [-0.2, 0) is 17.8 Å². The van der Waals surface area contributed by atoms with Crippen LogP contribution in [0, 0.1) is 5.92 Å². The molecule has 3 amide bonds. The number of para-hydroxylation sites is 1. The van der Waals surface area contributed by atoms with Crippen molar-refractivity contribution >= 4 is 22.8 Å². The molecule has 6 nitrogen and oxygen atoms in total. The summed E-state index contributed by atoms with van der Waals surface area (Å²) in [5.74, 6) is 0.779. The SMILES string of the molecule is CC(C)CCCC(C)NC(=O)CCCNC(=O)N1CCc2c([nH]c3ccccc23)C1. The molecule has 0 saturated carbocycles. The third-order valence-electron chi connectivity index (χ3n) is 5.85. The number of carbonyl (C=O) groups excluding carboxylic acids is 2.